The van der Waals surface area contributed by atoms with Gasteiger partial charge in [-0.05, 0) is 65.4 Å². The normalized spacial score (nSPS) is 15.9. The first-order valence-electron chi connectivity index (χ1n) is 12.3. The molecule has 35 heavy (non-hydrogen) atoms. The lowest BCUT2D eigenvalue weighted by molar-refractivity contribution is 0.0825. The van der Waals surface area contributed by atoms with Gasteiger partial charge in [-0.2, -0.15) is 0 Å². The van der Waals surface area contributed by atoms with Crippen molar-refractivity contribution in [3.8, 4) is 0 Å². The SMILES string of the molecule is Cc1cccc2c1nc(NC1CCN(CC(N)C(C)C)CC1)n2COCCc1cccc(Br)n1.O. The summed E-state index contributed by atoms with van der Waals surface area (Å²) in [5.41, 5.74) is 10.6. The maximum Gasteiger partial charge on any atom is 0.206 e. The number of halogens is 1. The minimum atomic E-state index is 0. The summed E-state index contributed by atoms with van der Waals surface area (Å²) in [7, 11) is 0. The third-order valence-corrected chi connectivity index (χ3v) is 7.16. The molecule has 0 amide bonds. The minimum absolute atomic E-state index is 0. The fourth-order valence-corrected chi connectivity index (χ4v) is 4.78. The van der Waals surface area contributed by atoms with Gasteiger partial charge in [-0.25, -0.2) is 9.97 Å². The number of nitrogens with two attached hydrogens (primary N) is 1. The molecule has 0 saturated carbocycles. The van der Waals surface area contributed by atoms with Crippen molar-refractivity contribution < 1.29 is 10.2 Å². The van der Waals surface area contributed by atoms with Crippen molar-refractivity contribution in [2.45, 2.75) is 58.8 Å². The van der Waals surface area contributed by atoms with Gasteiger partial charge in [0.1, 0.15) is 11.3 Å². The molecule has 0 spiro atoms. The molecule has 3 aromatic rings. The lowest BCUT2D eigenvalue weighted by Gasteiger charge is -2.34. The van der Waals surface area contributed by atoms with E-state index in [2.05, 4.69) is 74.7 Å². The quantitative estimate of drug-likeness (QED) is 0.295. The molecule has 0 bridgehead atoms. The monoisotopic (exact) mass is 546 g/mol. The zero-order valence-electron chi connectivity index (χ0n) is 21.0. The highest BCUT2D eigenvalue weighted by atomic mass is 79.9. The first-order chi connectivity index (χ1) is 16.4. The van der Waals surface area contributed by atoms with E-state index in [0.717, 1.165) is 66.2 Å². The highest BCUT2D eigenvalue weighted by Gasteiger charge is 2.23. The second kappa shape index (κ2) is 12.8. The number of fused-ring (bicyclic) bond motifs is 1. The lowest BCUT2D eigenvalue weighted by atomic mass is 10.0. The van der Waals surface area contributed by atoms with Crippen LogP contribution in [0.2, 0.25) is 0 Å². The summed E-state index contributed by atoms with van der Waals surface area (Å²) in [6.45, 7) is 10.7. The number of hydrogen-bond donors (Lipinski definition) is 2. The van der Waals surface area contributed by atoms with Crippen molar-refractivity contribution in [2.24, 2.45) is 11.7 Å². The van der Waals surface area contributed by atoms with Crippen LogP contribution >= 0.6 is 15.9 Å². The fourth-order valence-electron chi connectivity index (χ4n) is 4.40. The largest absolute Gasteiger partial charge is 0.412 e. The van der Waals surface area contributed by atoms with Crippen molar-refractivity contribution >= 4 is 32.9 Å². The Bertz CT molecular complexity index is 1080. The maximum atomic E-state index is 6.29. The van der Waals surface area contributed by atoms with Crippen molar-refractivity contribution in [3.05, 3.63) is 52.3 Å². The standard InChI is InChI=1S/C26H37BrN6O.H2O/c1-18(2)22(28)16-32-13-10-21(11-14-32)30-26-31-25-19(3)6-4-8-23(25)33(26)17-34-15-12-20-7-5-9-24(27)29-20;/h4-9,18,21-22H,10-17,28H2,1-3H3,(H,30,31);1H2. The number of para-hydroxylation sites is 1. The van der Waals surface area contributed by atoms with Gasteiger partial charge < -0.3 is 26.2 Å². The highest BCUT2D eigenvalue weighted by Crippen LogP contribution is 2.25. The van der Waals surface area contributed by atoms with E-state index in [1.165, 1.54) is 5.56 Å². The lowest BCUT2D eigenvalue weighted by Crippen LogP contribution is -2.46. The Labute approximate surface area is 216 Å². The predicted molar refractivity (Wildman–Crippen MR) is 146 cm³/mol. The van der Waals surface area contributed by atoms with Crippen molar-refractivity contribution in [1.82, 2.24) is 19.4 Å². The first-order valence-corrected chi connectivity index (χ1v) is 13.1. The summed E-state index contributed by atoms with van der Waals surface area (Å²) < 4.78 is 9.10. The van der Waals surface area contributed by atoms with Gasteiger partial charge in [-0.1, -0.05) is 32.0 Å². The summed E-state index contributed by atoms with van der Waals surface area (Å²) in [6, 6.07) is 12.9. The number of pyridine rings is 1. The third kappa shape index (κ3) is 7.24. The van der Waals surface area contributed by atoms with Crippen molar-refractivity contribution in [3.63, 3.8) is 0 Å². The molecule has 5 N–H and O–H groups in total. The Hall–Kier alpha value is -2.04. The molecule has 2 aromatic heterocycles. The number of aromatic nitrogens is 3. The van der Waals surface area contributed by atoms with E-state index in [1.54, 1.807) is 0 Å². The van der Waals surface area contributed by atoms with E-state index in [-0.39, 0.29) is 11.5 Å². The van der Waals surface area contributed by atoms with E-state index in [1.807, 2.05) is 18.2 Å². The summed E-state index contributed by atoms with van der Waals surface area (Å²) in [5, 5.41) is 3.72. The minimum Gasteiger partial charge on any atom is -0.412 e. The molecular formula is C26H39BrN6O2. The van der Waals surface area contributed by atoms with E-state index in [0.29, 0.717) is 25.3 Å². The van der Waals surface area contributed by atoms with Gasteiger partial charge in [0.2, 0.25) is 5.95 Å². The third-order valence-electron chi connectivity index (χ3n) is 6.72. The molecule has 1 unspecified atom stereocenters. The van der Waals surface area contributed by atoms with Gasteiger partial charge in [-0.15, -0.1) is 0 Å². The molecule has 1 saturated heterocycles. The van der Waals surface area contributed by atoms with Crippen LogP contribution in [0.5, 0.6) is 0 Å². The molecule has 1 aliphatic heterocycles. The molecule has 3 heterocycles. The molecule has 8 nitrogen and oxygen atoms in total. The van der Waals surface area contributed by atoms with Crippen LogP contribution in [0, 0.1) is 12.8 Å². The Morgan fingerprint density at radius 1 is 1.14 bits per heavy atom. The number of nitrogens with zero attached hydrogens (tertiary/aromatic N) is 4. The Morgan fingerprint density at radius 3 is 2.60 bits per heavy atom. The summed E-state index contributed by atoms with van der Waals surface area (Å²) in [5.74, 6) is 1.40. The fraction of sp³-hybridized carbons (Fsp3) is 0.538. The molecule has 1 atom stereocenters. The number of piperidine rings is 1. The van der Waals surface area contributed by atoms with Crippen LogP contribution in [0.4, 0.5) is 5.95 Å². The van der Waals surface area contributed by atoms with Gasteiger partial charge in [0.25, 0.3) is 0 Å². The molecule has 0 radical (unpaired) electrons. The van der Waals surface area contributed by atoms with E-state index in [9.17, 15) is 0 Å². The van der Waals surface area contributed by atoms with Gasteiger partial charge in [0, 0.05) is 43.8 Å². The molecule has 0 aliphatic carbocycles. The van der Waals surface area contributed by atoms with Crippen LogP contribution in [0.25, 0.3) is 11.0 Å². The second-order valence-corrected chi connectivity index (χ2v) is 10.5. The smallest absolute Gasteiger partial charge is 0.206 e. The highest BCUT2D eigenvalue weighted by molar-refractivity contribution is 9.10. The maximum absolute atomic E-state index is 6.29. The number of ether oxygens (including phenoxy) is 1. The van der Waals surface area contributed by atoms with Crippen LogP contribution in [0.3, 0.4) is 0 Å². The summed E-state index contributed by atoms with van der Waals surface area (Å²) >= 11 is 3.43. The summed E-state index contributed by atoms with van der Waals surface area (Å²) in [6.07, 6.45) is 2.94. The van der Waals surface area contributed by atoms with Gasteiger partial charge in [0.05, 0.1) is 17.6 Å². The summed E-state index contributed by atoms with van der Waals surface area (Å²) in [4.78, 5) is 12.0. The molecule has 9 heteroatoms. The zero-order chi connectivity index (χ0) is 24.1. The number of likely N-dealkylation sites (tertiary alicyclic amines) is 1. The average molecular weight is 548 g/mol. The van der Waals surface area contributed by atoms with Crippen LogP contribution in [0.1, 0.15) is 37.9 Å². The second-order valence-electron chi connectivity index (χ2n) is 9.67. The van der Waals surface area contributed by atoms with E-state index in [4.69, 9.17) is 15.5 Å². The first kappa shape index (κ1) is 27.5. The predicted octanol–water partition coefficient (Wildman–Crippen LogP) is 3.75. The van der Waals surface area contributed by atoms with E-state index >= 15 is 0 Å². The number of hydrogen-bond acceptors (Lipinski definition) is 6. The van der Waals surface area contributed by atoms with Crippen LogP contribution in [0.15, 0.2) is 41.0 Å². The van der Waals surface area contributed by atoms with Crippen LogP contribution in [-0.4, -0.2) is 63.2 Å². The van der Waals surface area contributed by atoms with Gasteiger partial charge in [0.15, 0.2) is 0 Å². The van der Waals surface area contributed by atoms with Crippen molar-refractivity contribution in [2.75, 3.05) is 31.6 Å². The van der Waals surface area contributed by atoms with E-state index < -0.39 is 0 Å². The molecular weight excluding hydrogens is 508 g/mol. The Morgan fingerprint density at radius 2 is 1.89 bits per heavy atom. The zero-order valence-corrected chi connectivity index (χ0v) is 22.6. The number of imidazole rings is 1. The molecule has 192 valence electrons. The number of nitrogens with one attached hydrogen (secondary N) is 1. The molecule has 1 aromatic carbocycles. The van der Waals surface area contributed by atoms with Gasteiger partial charge in [-0.3, -0.25) is 4.57 Å². The number of aryl methyl sites for hydroxylation is 1. The number of benzene rings is 1. The molecule has 1 aliphatic rings. The number of rotatable bonds is 10. The average Bonchev–Trinajstić information content (AvgIpc) is 3.16. The molecule has 4 rings (SSSR count). The van der Waals surface area contributed by atoms with Gasteiger partial charge >= 0.3 is 0 Å². The van der Waals surface area contributed by atoms with Crippen LogP contribution in [-0.2, 0) is 17.9 Å². The number of anilines is 1. The van der Waals surface area contributed by atoms with Crippen molar-refractivity contribution in [1.29, 1.82) is 0 Å². The van der Waals surface area contributed by atoms with Crippen LogP contribution < -0.4 is 11.1 Å². The molecule has 1 fully saturated rings. The Balaban J connectivity index is 0.00000342. The topological polar surface area (TPSA) is 113 Å². The Kier molecular flexibility index (Phi) is 10.1.